The molecule has 0 saturated carbocycles. The quantitative estimate of drug-likeness (QED) is 0.892. The third kappa shape index (κ3) is 3.13. The third-order valence-corrected chi connectivity index (χ3v) is 4.77. The number of hydrogen-bond donors (Lipinski definition) is 1. The van der Waals surface area contributed by atoms with Gasteiger partial charge in [0.1, 0.15) is 12.6 Å². The van der Waals surface area contributed by atoms with Gasteiger partial charge in [-0.1, -0.05) is 25.1 Å². The third-order valence-electron chi connectivity index (χ3n) is 4.77. The van der Waals surface area contributed by atoms with E-state index in [1.807, 2.05) is 31.2 Å². The van der Waals surface area contributed by atoms with Crippen molar-refractivity contribution in [1.29, 1.82) is 0 Å². The fourth-order valence-corrected chi connectivity index (χ4v) is 3.46. The van der Waals surface area contributed by atoms with Gasteiger partial charge < -0.3 is 15.1 Å². The largest absolute Gasteiger partial charge is 0.354 e. The summed E-state index contributed by atoms with van der Waals surface area (Å²) in [6.45, 7) is 3.62. The standard InChI is InChI=1S/C18H23N3O3/c1-2-15-17(23)19-9-5-10-21(15)16(22)12-20-11-8-13-6-3-4-7-14(13)18(20)24/h3-4,6-7,15H,2,5,8-12H2,1H3,(H,19,23)/t15-/m0/s1. The van der Waals surface area contributed by atoms with Gasteiger partial charge >= 0.3 is 0 Å². The molecule has 2 heterocycles. The molecule has 6 nitrogen and oxygen atoms in total. The average molecular weight is 329 g/mol. The molecule has 128 valence electrons. The summed E-state index contributed by atoms with van der Waals surface area (Å²) in [6, 6.07) is 7.09. The maximum Gasteiger partial charge on any atom is 0.254 e. The molecule has 1 aromatic carbocycles. The van der Waals surface area contributed by atoms with Gasteiger partial charge in [0.05, 0.1) is 0 Å². The number of benzene rings is 1. The van der Waals surface area contributed by atoms with E-state index in [1.165, 1.54) is 0 Å². The van der Waals surface area contributed by atoms with E-state index in [2.05, 4.69) is 5.32 Å². The number of rotatable bonds is 3. The van der Waals surface area contributed by atoms with Crippen LogP contribution in [0.5, 0.6) is 0 Å². The summed E-state index contributed by atoms with van der Waals surface area (Å²) in [5, 5.41) is 2.84. The number of carbonyl (C=O) groups excluding carboxylic acids is 3. The van der Waals surface area contributed by atoms with Crippen LogP contribution in [0.15, 0.2) is 24.3 Å². The predicted molar refractivity (Wildman–Crippen MR) is 89.5 cm³/mol. The van der Waals surface area contributed by atoms with Crippen molar-refractivity contribution >= 4 is 17.7 Å². The summed E-state index contributed by atoms with van der Waals surface area (Å²) in [7, 11) is 0. The molecule has 6 heteroatoms. The van der Waals surface area contributed by atoms with Crippen molar-refractivity contribution in [2.45, 2.75) is 32.2 Å². The van der Waals surface area contributed by atoms with Crippen LogP contribution >= 0.6 is 0 Å². The lowest BCUT2D eigenvalue weighted by Crippen LogP contribution is -2.51. The molecule has 2 aliphatic heterocycles. The van der Waals surface area contributed by atoms with E-state index >= 15 is 0 Å². The number of amides is 3. The van der Waals surface area contributed by atoms with Crippen LogP contribution in [-0.4, -0.2) is 59.7 Å². The molecular formula is C18H23N3O3. The molecule has 0 spiro atoms. The van der Waals surface area contributed by atoms with Gasteiger partial charge in [0.25, 0.3) is 5.91 Å². The van der Waals surface area contributed by atoms with E-state index in [1.54, 1.807) is 9.80 Å². The zero-order chi connectivity index (χ0) is 17.1. The van der Waals surface area contributed by atoms with E-state index < -0.39 is 6.04 Å². The zero-order valence-electron chi connectivity index (χ0n) is 14.0. The minimum Gasteiger partial charge on any atom is -0.354 e. The Hall–Kier alpha value is -2.37. The number of nitrogens with one attached hydrogen (secondary N) is 1. The van der Waals surface area contributed by atoms with Crippen molar-refractivity contribution in [1.82, 2.24) is 15.1 Å². The molecule has 1 saturated heterocycles. The Labute approximate surface area is 141 Å². The second-order valence-electron chi connectivity index (χ2n) is 6.29. The van der Waals surface area contributed by atoms with Crippen LogP contribution in [0.4, 0.5) is 0 Å². The Morgan fingerprint density at radius 1 is 1.25 bits per heavy atom. The van der Waals surface area contributed by atoms with Gasteiger partial charge in [-0.3, -0.25) is 14.4 Å². The summed E-state index contributed by atoms with van der Waals surface area (Å²) >= 11 is 0. The van der Waals surface area contributed by atoms with E-state index in [0.29, 0.717) is 31.6 Å². The van der Waals surface area contributed by atoms with Gasteiger partial charge in [-0.2, -0.15) is 0 Å². The van der Waals surface area contributed by atoms with Gasteiger partial charge in [-0.25, -0.2) is 0 Å². The predicted octanol–water partition coefficient (Wildman–Crippen LogP) is 0.812. The zero-order valence-corrected chi connectivity index (χ0v) is 14.0. The van der Waals surface area contributed by atoms with E-state index in [9.17, 15) is 14.4 Å². The van der Waals surface area contributed by atoms with Crippen molar-refractivity contribution in [3.05, 3.63) is 35.4 Å². The molecule has 0 radical (unpaired) electrons. The van der Waals surface area contributed by atoms with Gasteiger partial charge in [0.15, 0.2) is 0 Å². The highest BCUT2D eigenvalue weighted by atomic mass is 16.2. The SMILES string of the molecule is CC[C@H]1C(=O)NCCCN1C(=O)CN1CCc2ccccc2C1=O. The second kappa shape index (κ2) is 7.03. The van der Waals surface area contributed by atoms with Crippen LogP contribution in [-0.2, 0) is 16.0 Å². The van der Waals surface area contributed by atoms with Crippen LogP contribution in [0.2, 0.25) is 0 Å². The highest BCUT2D eigenvalue weighted by molar-refractivity contribution is 5.99. The lowest BCUT2D eigenvalue weighted by molar-refractivity contribution is -0.140. The first-order valence-corrected chi connectivity index (χ1v) is 8.56. The number of carbonyl (C=O) groups is 3. The first-order chi connectivity index (χ1) is 11.6. The Morgan fingerprint density at radius 3 is 2.83 bits per heavy atom. The molecule has 0 unspecified atom stereocenters. The lowest BCUT2D eigenvalue weighted by atomic mass is 9.99. The highest BCUT2D eigenvalue weighted by Crippen LogP contribution is 2.19. The van der Waals surface area contributed by atoms with Gasteiger partial charge in [0, 0.05) is 25.2 Å². The number of hydrogen-bond acceptors (Lipinski definition) is 3. The van der Waals surface area contributed by atoms with Crippen LogP contribution in [0.25, 0.3) is 0 Å². The number of nitrogens with zero attached hydrogens (tertiary/aromatic N) is 2. The van der Waals surface area contributed by atoms with E-state index in [-0.39, 0.29) is 24.3 Å². The highest BCUT2D eigenvalue weighted by Gasteiger charge is 2.33. The van der Waals surface area contributed by atoms with Gasteiger partial charge in [-0.05, 0) is 30.9 Å². The van der Waals surface area contributed by atoms with Crippen LogP contribution in [0, 0.1) is 0 Å². The summed E-state index contributed by atoms with van der Waals surface area (Å²) in [4.78, 5) is 40.7. The fraction of sp³-hybridized carbons (Fsp3) is 0.500. The molecular weight excluding hydrogens is 306 g/mol. The Kier molecular flexibility index (Phi) is 4.83. The van der Waals surface area contributed by atoms with Crippen molar-refractivity contribution in [3.63, 3.8) is 0 Å². The first kappa shape index (κ1) is 16.5. The smallest absolute Gasteiger partial charge is 0.254 e. The van der Waals surface area contributed by atoms with Gasteiger partial charge in [-0.15, -0.1) is 0 Å². The molecule has 0 aromatic heterocycles. The molecule has 0 bridgehead atoms. The number of fused-ring (bicyclic) bond motifs is 1. The first-order valence-electron chi connectivity index (χ1n) is 8.56. The molecule has 24 heavy (non-hydrogen) atoms. The fourth-order valence-electron chi connectivity index (χ4n) is 3.46. The summed E-state index contributed by atoms with van der Waals surface area (Å²) in [5.74, 6) is -0.345. The summed E-state index contributed by atoms with van der Waals surface area (Å²) in [5.41, 5.74) is 1.71. The summed E-state index contributed by atoms with van der Waals surface area (Å²) < 4.78 is 0. The van der Waals surface area contributed by atoms with Crippen LogP contribution in [0.1, 0.15) is 35.7 Å². The average Bonchev–Trinajstić information content (AvgIpc) is 2.78. The van der Waals surface area contributed by atoms with Crippen LogP contribution < -0.4 is 5.32 Å². The Morgan fingerprint density at radius 2 is 2.04 bits per heavy atom. The minimum atomic E-state index is -0.438. The topological polar surface area (TPSA) is 69.7 Å². The molecule has 0 aliphatic carbocycles. The minimum absolute atomic E-state index is 0.0386. The van der Waals surface area contributed by atoms with Gasteiger partial charge in [0.2, 0.25) is 11.8 Å². The lowest BCUT2D eigenvalue weighted by Gasteiger charge is -2.32. The Balaban J connectivity index is 1.72. The Bertz CT molecular complexity index is 659. The van der Waals surface area contributed by atoms with Crippen molar-refractivity contribution < 1.29 is 14.4 Å². The normalized spacial score (nSPS) is 21.1. The molecule has 1 aromatic rings. The second-order valence-corrected chi connectivity index (χ2v) is 6.29. The molecule has 3 rings (SSSR count). The molecule has 3 amide bonds. The monoisotopic (exact) mass is 329 g/mol. The van der Waals surface area contributed by atoms with Crippen molar-refractivity contribution in [3.8, 4) is 0 Å². The summed E-state index contributed by atoms with van der Waals surface area (Å²) in [6.07, 6.45) is 2.08. The van der Waals surface area contributed by atoms with Crippen molar-refractivity contribution in [2.24, 2.45) is 0 Å². The van der Waals surface area contributed by atoms with Crippen molar-refractivity contribution in [2.75, 3.05) is 26.2 Å². The molecule has 1 N–H and O–H groups in total. The maximum absolute atomic E-state index is 12.7. The van der Waals surface area contributed by atoms with E-state index in [4.69, 9.17) is 0 Å². The maximum atomic E-state index is 12.7. The van der Waals surface area contributed by atoms with E-state index in [0.717, 1.165) is 18.4 Å². The van der Waals surface area contributed by atoms with Crippen LogP contribution in [0.3, 0.4) is 0 Å². The molecule has 1 atom stereocenters. The molecule has 2 aliphatic rings. The molecule has 1 fully saturated rings.